The molecule has 0 bridgehead atoms. The smallest absolute Gasteiger partial charge is 0.267 e. The summed E-state index contributed by atoms with van der Waals surface area (Å²) in [5.41, 5.74) is 5.67. The zero-order chi connectivity index (χ0) is 14.7. The summed E-state index contributed by atoms with van der Waals surface area (Å²) >= 11 is 0. The molecule has 21 heavy (non-hydrogen) atoms. The number of carbonyl (C=O) groups excluding carboxylic acids is 1. The Hall–Kier alpha value is -1.75. The molecule has 5 nitrogen and oxygen atoms in total. The summed E-state index contributed by atoms with van der Waals surface area (Å²) in [5, 5.41) is 0. The molecule has 2 aliphatic rings. The second kappa shape index (κ2) is 6.35. The number of benzene rings is 1. The minimum absolute atomic E-state index is 0.0302. The fraction of sp³-hybridized carbons (Fsp3) is 0.562. The largest absolute Gasteiger partial charge is 0.485 e. The topological polar surface area (TPSA) is 64.8 Å². The fourth-order valence-corrected chi connectivity index (χ4v) is 3.11. The van der Waals surface area contributed by atoms with Gasteiger partial charge in [-0.2, -0.15) is 0 Å². The lowest BCUT2D eigenvalue weighted by molar-refractivity contribution is -0.145. The standard InChI is InChI=1S/C16H22N2O3/c17-9-8-12-5-3-4-10-18(12)16(19)15-11-20-13-6-1-2-7-14(13)21-15/h1-2,6-7,12,15H,3-5,8-11,17H2. The van der Waals surface area contributed by atoms with Gasteiger partial charge in [0.15, 0.2) is 11.5 Å². The van der Waals surface area contributed by atoms with E-state index in [2.05, 4.69) is 0 Å². The molecule has 3 rings (SSSR count). The van der Waals surface area contributed by atoms with Crippen molar-refractivity contribution in [1.29, 1.82) is 0 Å². The minimum Gasteiger partial charge on any atom is -0.485 e. The molecule has 0 saturated carbocycles. The van der Waals surface area contributed by atoms with Crippen molar-refractivity contribution in [2.45, 2.75) is 37.8 Å². The van der Waals surface area contributed by atoms with Gasteiger partial charge in [-0.1, -0.05) is 12.1 Å². The number of ether oxygens (including phenoxy) is 2. The van der Waals surface area contributed by atoms with Crippen molar-refractivity contribution in [3.8, 4) is 11.5 Å². The normalized spacial score (nSPS) is 24.7. The number of piperidine rings is 1. The Labute approximate surface area is 125 Å². The quantitative estimate of drug-likeness (QED) is 0.917. The van der Waals surface area contributed by atoms with E-state index in [0.717, 1.165) is 25.8 Å². The molecule has 1 aromatic rings. The predicted octanol–water partition coefficient (Wildman–Crippen LogP) is 1.56. The van der Waals surface area contributed by atoms with E-state index in [0.29, 0.717) is 18.0 Å². The first-order chi connectivity index (χ1) is 10.3. The van der Waals surface area contributed by atoms with Gasteiger partial charge in [-0.25, -0.2) is 0 Å². The summed E-state index contributed by atoms with van der Waals surface area (Å²) < 4.78 is 11.5. The Balaban J connectivity index is 1.70. The molecule has 2 aliphatic heterocycles. The maximum absolute atomic E-state index is 12.7. The Morgan fingerprint density at radius 3 is 2.90 bits per heavy atom. The summed E-state index contributed by atoms with van der Waals surface area (Å²) in [6.45, 7) is 1.69. The molecule has 5 heteroatoms. The molecule has 0 aliphatic carbocycles. The molecule has 2 unspecified atom stereocenters. The molecule has 0 radical (unpaired) electrons. The molecular weight excluding hydrogens is 268 g/mol. The van der Waals surface area contributed by atoms with E-state index in [-0.39, 0.29) is 18.6 Å². The third-order valence-corrected chi connectivity index (χ3v) is 4.19. The molecule has 1 aromatic carbocycles. The molecule has 114 valence electrons. The van der Waals surface area contributed by atoms with Gasteiger partial charge in [-0.3, -0.25) is 4.79 Å². The predicted molar refractivity (Wildman–Crippen MR) is 79.4 cm³/mol. The minimum atomic E-state index is -0.543. The van der Waals surface area contributed by atoms with Crippen LogP contribution < -0.4 is 15.2 Å². The number of amides is 1. The molecule has 0 aromatic heterocycles. The second-order valence-electron chi connectivity index (χ2n) is 5.62. The second-order valence-corrected chi connectivity index (χ2v) is 5.62. The highest BCUT2D eigenvalue weighted by molar-refractivity contribution is 5.82. The Kier molecular flexibility index (Phi) is 4.29. The average molecular weight is 290 g/mol. The highest BCUT2D eigenvalue weighted by Gasteiger charge is 2.35. The number of para-hydroxylation sites is 2. The van der Waals surface area contributed by atoms with E-state index in [9.17, 15) is 4.79 Å². The van der Waals surface area contributed by atoms with Crippen LogP contribution in [0.15, 0.2) is 24.3 Å². The van der Waals surface area contributed by atoms with Gasteiger partial charge in [0.25, 0.3) is 5.91 Å². The van der Waals surface area contributed by atoms with E-state index >= 15 is 0 Å². The van der Waals surface area contributed by atoms with Crippen LogP contribution in [0.25, 0.3) is 0 Å². The summed E-state index contributed by atoms with van der Waals surface area (Å²) in [5.74, 6) is 1.39. The Morgan fingerprint density at radius 2 is 2.10 bits per heavy atom. The van der Waals surface area contributed by atoms with Crippen molar-refractivity contribution in [1.82, 2.24) is 4.90 Å². The van der Waals surface area contributed by atoms with E-state index < -0.39 is 6.10 Å². The maximum atomic E-state index is 12.7. The first-order valence-corrected chi connectivity index (χ1v) is 7.68. The lowest BCUT2D eigenvalue weighted by Gasteiger charge is -2.38. The van der Waals surface area contributed by atoms with E-state index in [4.69, 9.17) is 15.2 Å². The van der Waals surface area contributed by atoms with Gasteiger partial charge in [-0.15, -0.1) is 0 Å². The van der Waals surface area contributed by atoms with Gasteiger partial charge in [-0.05, 0) is 44.4 Å². The van der Waals surface area contributed by atoms with Crippen LogP contribution in [0.3, 0.4) is 0 Å². The molecule has 1 amide bonds. The third kappa shape index (κ3) is 2.97. The number of rotatable bonds is 3. The number of likely N-dealkylation sites (tertiary alicyclic amines) is 1. The third-order valence-electron chi connectivity index (χ3n) is 4.19. The average Bonchev–Trinajstić information content (AvgIpc) is 2.54. The van der Waals surface area contributed by atoms with Crippen LogP contribution in [-0.4, -0.2) is 42.6 Å². The number of hydrogen-bond donors (Lipinski definition) is 1. The molecule has 1 saturated heterocycles. The van der Waals surface area contributed by atoms with Crippen molar-refractivity contribution in [3.63, 3.8) is 0 Å². The number of nitrogens with zero attached hydrogens (tertiary/aromatic N) is 1. The monoisotopic (exact) mass is 290 g/mol. The molecule has 2 heterocycles. The summed E-state index contributed by atoms with van der Waals surface area (Å²) in [7, 11) is 0. The molecule has 0 spiro atoms. The van der Waals surface area contributed by atoms with Gasteiger partial charge < -0.3 is 20.1 Å². The molecule has 1 fully saturated rings. The highest BCUT2D eigenvalue weighted by atomic mass is 16.6. The maximum Gasteiger partial charge on any atom is 0.267 e. The van der Waals surface area contributed by atoms with Gasteiger partial charge in [0.2, 0.25) is 6.10 Å². The number of hydrogen-bond acceptors (Lipinski definition) is 4. The molecule has 2 atom stereocenters. The van der Waals surface area contributed by atoms with Crippen molar-refractivity contribution < 1.29 is 14.3 Å². The van der Waals surface area contributed by atoms with Crippen molar-refractivity contribution in [2.24, 2.45) is 5.73 Å². The van der Waals surface area contributed by atoms with E-state index in [1.54, 1.807) is 0 Å². The first kappa shape index (κ1) is 14.2. The Bertz CT molecular complexity index is 504. The number of fused-ring (bicyclic) bond motifs is 1. The lowest BCUT2D eigenvalue weighted by Crippen LogP contribution is -2.52. The van der Waals surface area contributed by atoms with Crippen LogP contribution in [-0.2, 0) is 4.79 Å². The van der Waals surface area contributed by atoms with E-state index in [1.165, 1.54) is 6.42 Å². The summed E-state index contributed by atoms with van der Waals surface area (Å²) in [6.07, 6.45) is 3.57. The van der Waals surface area contributed by atoms with Gasteiger partial charge in [0, 0.05) is 12.6 Å². The number of carbonyl (C=O) groups is 1. The van der Waals surface area contributed by atoms with E-state index in [1.807, 2.05) is 29.2 Å². The SMILES string of the molecule is NCCC1CCCCN1C(=O)C1COc2ccccc2O1. The summed E-state index contributed by atoms with van der Waals surface area (Å²) in [4.78, 5) is 14.7. The Morgan fingerprint density at radius 1 is 1.29 bits per heavy atom. The van der Waals surface area contributed by atoms with Crippen molar-refractivity contribution >= 4 is 5.91 Å². The van der Waals surface area contributed by atoms with Crippen LogP contribution in [0, 0.1) is 0 Å². The van der Waals surface area contributed by atoms with Crippen LogP contribution in [0.2, 0.25) is 0 Å². The first-order valence-electron chi connectivity index (χ1n) is 7.68. The van der Waals surface area contributed by atoms with Crippen molar-refractivity contribution in [3.05, 3.63) is 24.3 Å². The zero-order valence-electron chi connectivity index (χ0n) is 12.2. The van der Waals surface area contributed by atoms with Gasteiger partial charge in [0.05, 0.1) is 0 Å². The van der Waals surface area contributed by atoms with Crippen molar-refractivity contribution in [2.75, 3.05) is 19.7 Å². The van der Waals surface area contributed by atoms with Crippen LogP contribution in [0.1, 0.15) is 25.7 Å². The van der Waals surface area contributed by atoms with Crippen LogP contribution in [0.5, 0.6) is 11.5 Å². The fourth-order valence-electron chi connectivity index (χ4n) is 3.11. The van der Waals surface area contributed by atoms with Crippen LogP contribution in [0.4, 0.5) is 0 Å². The zero-order valence-corrected chi connectivity index (χ0v) is 12.2. The lowest BCUT2D eigenvalue weighted by atomic mass is 9.98. The highest BCUT2D eigenvalue weighted by Crippen LogP contribution is 2.32. The molecule has 2 N–H and O–H groups in total. The van der Waals surface area contributed by atoms with Gasteiger partial charge in [0.1, 0.15) is 6.61 Å². The molecular formula is C16H22N2O3. The van der Waals surface area contributed by atoms with Gasteiger partial charge >= 0.3 is 0 Å². The summed E-state index contributed by atoms with van der Waals surface area (Å²) in [6, 6.07) is 7.72. The number of nitrogens with two attached hydrogens (primary N) is 1. The van der Waals surface area contributed by atoms with Crippen LogP contribution >= 0.6 is 0 Å².